The zero-order valence-electron chi connectivity index (χ0n) is 21.6. The van der Waals surface area contributed by atoms with Crippen LogP contribution in [-0.4, -0.2) is 47.1 Å². The molecule has 0 saturated carbocycles. The summed E-state index contributed by atoms with van der Waals surface area (Å²) in [5.41, 5.74) is 4.55. The van der Waals surface area contributed by atoms with Gasteiger partial charge in [0.05, 0.1) is 28.6 Å². The Balaban J connectivity index is 1.25. The van der Waals surface area contributed by atoms with Crippen LogP contribution >= 0.6 is 0 Å². The number of rotatable bonds is 9. The van der Waals surface area contributed by atoms with E-state index >= 15 is 0 Å². The van der Waals surface area contributed by atoms with Crippen molar-refractivity contribution in [3.05, 3.63) is 83.3 Å². The van der Waals surface area contributed by atoms with Crippen molar-refractivity contribution in [2.75, 3.05) is 27.2 Å². The Morgan fingerprint density at radius 3 is 2.59 bits per heavy atom. The fraction of sp³-hybridized carbons (Fsp3) is 0.367. The van der Waals surface area contributed by atoms with Crippen LogP contribution in [0.1, 0.15) is 41.8 Å². The van der Waals surface area contributed by atoms with Crippen molar-refractivity contribution in [2.24, 2.45) is 5.92 Å². The SMILES string of the molecule is CN(C)Cc1c(Oc2ccc(C#N)cc2)ccc2c(CCC3CCN(Cc4ccccn4)CC3)noc12. The van der Waals surface area contributed by atoms with Crippen molar-refractivity contribution in [3.8, 4) is 17.6 Å². The number of benzene rings is 2. The molecule has 4 aromatic rings. The maximum Gasteiger partial charge on any atom is 0.175 e. The Morgan fingerprint density at radius 2 is 1.89 bits per heavy atom. The van der Waals surface area contributed by atoms with E-state index in [0.29, 0.717) is 23.8 Å². The summed E-state index contributed by atoms with van der Waals surface area (Å²) in [4.78, 5) is 9.07. The second-order valence-electron chi connectivity index (χ2n) is 10.1. The molecule has 0 atom stereocenters. The van der Waals surface area contributed by atoms with Gasteiger partial charge in [0, 0.05) is 24.7 Å². The number of hydrogen-bond donors (Lipinski definition) is 0. The molecule has 1 fully saturated rings. The van der Waals surface area contributed by atoms with E-state index in [1.54, 1.807) is 12.1 Å². The lowest BCUT2D eigenvalue weighted by Gasteiger charge is -2.31. The van der Waals surface area contributed by atoms with Crippen molar-refractivity contribution in [1.82, 2.24) is 19.9 Å². The molecular weight excluding hydrogens is 462 g/mol. The summed E-state index contributed by atoms with van der Waals surface area (Å²) in [6.07, 6.45) is 6.31. The Hall–Kier alpha value is -3.73. The highest BCUT2D eigenvalue weighted by atomic mass is 16.5. The average molecular weight is 496 g/mol. The van der Waals surface area contributed by atoms with E-state index < -0.39 is 0 Å². The van der Waals surface area contributed by atoms with E-state index in [1.807, 2.05) is 44.6 Å². The van der Waals surface area contributed by atoms with Crippen LogP contribution in [0.15, 0.2) is 65.3 Å². The third-order valence-electron chi connectivity index (χ3n) is 7.07. The van der Waals surface area contributed by atoms with Crippen molar-refractivity contribution in [2.45, 2.75) is 38.8 Å². The molecular formula is C30H33N5O2. The lowest BCUT2D eigenvalue weighted by molar-refractivity contribution is 0.170. The van der Waals surface area contributed by atoms with Gasteiger partial charge in [0.1, 0.15) is 11.5 Å². The number of nitrogens with zero attached hydrogens (tertiary/aromatic N) is 5. The molecule has 7 nitrogen and oxygen atoms in total. The fourth-order valence-electron chi connectivity index (χ4n) is 5.05. The summed E-state index contributed by atoms with van der Waals surface area (Å²) >= 11 is 0. The summed E-state index contributed by atoms with van der Waals surface area (Å²) in [5, 5.41) is 14.6. The number of ether oxygens (including phenoxy) is 1. The summed E-state index contributed by atoms with van der Waals surface area (Å²) < 4.78 is 12.1. The number of aromatic nitrogens is 2. The van der Waals surface area contributed by atoms with Crippen LogP contribution in [0.3, 0.4) is 0 Å². The van der Waals surface area contributed by atoms with Gasteiger partial charge >= 0.3 is 0 Å². The minimum Gasteiger partial charge on any atom is -0.457 e. The van der Waals surface area contributed by atoms with E-state index in [2.05, 4.69) is 44.2 Å². The third kappa shape index (κ3) is 6.16. The number of nitriles is 1. The predicted molar refractivity (Wildman–Crippen MR) is 143 cm³/mol. The van der Waals surface area contributed by atoms with Crippen molar-refractivity contribution in [1.29, 1.82) is 5.26 Å². The van der Waals surface area contributed by atoms with Gasteiger partial charge in [0.15, 0.2) is 5.58 Å². The Bertz CT molecular complexity index is 1350. The number of pyridine rings is 1. The van der Waals surface area contributed by atoms with Crippen LogP contribution in [-0.2, 0) is 19.5 Å². The highest BCUT2D eigenvalue weighted by molar-refractivity contribution is 5.84. The smallest absolute Gasteiger partial charge is 0.175 e. The molecule has 0 amide bonds. The Morgan fingerprint density at radius 1 is 1.08 bits per heavy atom. The van der Waals surface area contributed by atoms with Crippen LogP contribution in [0.2, 0.25) is 0 Å². The molecule has 190 valence electrons. The molecule has 3 heterocycles. The quantitative estimate of drug-likeness (QED) is 0.291. The molecule has 1 aliphatic heterocycles. The maximum atomic E-state index is 9.06. The zero-order chi connectivity index (χ0) is 25.6. The minimum absolute atomic E-state index is 0.607. The van der Waals surface area contributed by atoms with Gasteiger partial charge in [-0.1, -0.05) is 11.2 Å². The fourth-order valence-corrected chi connectivity index (χ4v) is 5.05. The molecule has 0 radical (unpaired) electrons. The summed E-state index contributed by atoms with van der Waals surface area (Å²) in [6.45, 7) is 3.84. The summed E-state index contributed by atoms with van der Waals surface area (Å²) in [6, 6.07) is 19.5. The molecule has 0 aliphatic carbocycles. The molecule has 37 heavy (non-hydrogen) atoms. The minimum atomic E-state index is 0.607. The van der Waals surface area contributed by atoms with Gasteiger partial charge in [-0.3, -0.25) is 9.88 Å². The monoisotopic (exact) mass is 495 g/mol. The highest BCUT2D eigenvalue weighted by Crippen LogP contribution is 2.35. The molecule has 0 unspecified atom stereocenters. The van der Waals surface area contributed by atoms with E-state index in [0.717, 1.165) is 66.1 Å². The van der Waals surface area contributed by atoms with Gasteiger partial charge in [0.2, 0.25) is 0 Å². The highest BCUT2D eigenvalue weighted by Gasteiger charge is 2.22. The molecule has 7 heteroatoms. The van der Waals surface area contributed by atoms with Gasteiger partial charge in [-0.05, 0) is 107 Å². The number of likely N-dealkylation sites (tertiary alicyclic amines) is 1. The average Bonchev–Trinajstić information content (AvgIpc) is 3.34. The first-order chi connectivity index (χ1) is 18.1. The number of aryl methyl sites for hydroxylation is 1. The molecule has 1 saturated heterocycles. The molecule has 5 rings (SSSR count). The lowest BCUT2D eigenvalue weighted by atomic mass is 9.91. The van der Waals surface area contributed by atoms with Gasteiger partial charge in [0.25, 0.3) is 0 Å². The predicted octanol–water partition coefficient (Wildman–Crippen LogP) is 5.79. The first kappa shape index (κ1) is 24.9. The summed E-state index contributed by atoms with van der Waals surface area (Å²) in [7, 11) is 4.06. The largest absolute Gasteiger partial charge is 0.457 e. The van der Waals surface area contributed by atoms with E-state index in [9.17, 15) is 0 Å². The van der Waals surface area contributed by atoms with Crippen LogP contribution in [0.25, 0.3) is 11.0 Å². The molecule has 2 aromatic heterocycles. The normalized spacial score (nSPS) is 14.8. The standard InChI is InChI=1S/C30H33N5O2/c1-34(2)21-27-29(36-25-9-6-23(19-31)7-10-25)13-11-26-28(33-37-30(26)27)12-8-22-14-17-35(18-15-22)20-24-5-3-4-16-32-24/h3-7,9-11,13,16,22H,8,12,14-15,17-18,20-21H2,1-2H3. The first-order valence-electron chi connectivity index (χ1n) is 12.9. The second-order valence-corrected chi connectivity index (χ2v) is 10.1. The van der Waals surface area contributed by atoms with Gasteiger partial charge in [-0.15, -0.1) is 0 Å². The van der Waals surface area contributed by atoms with Crippen molar-refractivity contribution in [3.63, 3.8) is 0 Å². The molecule has 1 aliphatic rings. The number of fused-ring (bicyclic) bond motifs is 1. The van der Waals surface area contributed by atoms with E-state index in [4.69, 9.17) is 14.5 Å². The first-order valence-corrected chi connectivity index (χ1v) is 12.9. The van der Waals surface area contributed by atoms with Gasteiger partial charge in [-0.25, -0.2) is 0 Å². The third-order valence-corrected chi connectivity index (χ3v) is 7.07. The van der Waals surface area contributed by atoms with Crippen molar-refractivity contribution >= 4 is 11.0 Å². The number of hydrogen-bond acceptors (Lipinski definition) is 7. The maximum absolute atomic E-state index is 9.06. The molecule has 0 spiro atoms. The van der Waals surface area contributed by atoms with E-state index in [-0.39, 0.29) is 0 Å². The lowest BCUT2D eigenvalue weighted by Crippen LogP contribution is -2.33. The topological polar surface area (TPSA) is 78.4 Å². The van der Waals surface area contributed by atoms with Gasteiger partial charge in [-0.2, -0.15) is 5.26 Å². The molecule has 2 aromatic carbocycles. The van der Waals surface area contributed by atoms with Crippen LogP contribution in [0.4, 0.5) is 0 Å². The van der Waals surface area contributed by atoms with E-state index in [1.165, 1.54) is 12.8 Å². The summed E-state index contributed by atoms with van der Waals surface area (Å²) in [5.74, 6) is 2.13. The zero-order valence-corrected chi connectivity index (χ0v) is 21.6. The van der Waals surface area contributed by atoms with Crippen LogP contribution in [0, 0.1) is 17.2 Å². The molecule has 0 N–H and O–H groups in total. The van der Waals surface area contributed by atoms with Gasteiger partial charge < -0.3 is 14.2 Å². The second kappa shape index (κ2) is 11.5. The van der Waals surface area contributed by atoms with Crippen LogP contribution < -0.4 is 4.74 Å². The molecule has 0 bridgehead atoms. The van der Waals surface area contributed by atoms with Crippen molar-refractivity contribution < 1.29 is 9.26 Å². The Labute approximate surface area is 218 Å². The van der Waals surface area contributed by atoms with Crippen LogP contribution in [0.5, 0.6) is 11.5 Å². The number of piperidine rings is 1. The Kier molecular flexibility index (Phi) is 7.79.